The number of rotatable bonds is 3. The molecule has 1 aliphatic rings. The third-order valence-corrected chi connectivity index (χ3v) is 3.56. The van der Waals surface area contributed by atoms with E-state index in [1.54, 1.807) is 0 Å². The van der Waals surface area contributed by atoms with E-state index in [0.717, 1.165) is 5.13 Å². The molecule has 0 unspecified atom stereocenters. The fourth-order valence-corrected chi connectivity index (χ4v) is 2.62. The van der Waals surface area contributed by atoms with Crippen LogP contribution >= 0.6 is 27.5 Å². The number of benzene rings is 1. The van der Waals surface area contributed by atoms with Crippen LogP contribution in [0.5, 0.6) is 0 Å². The highest BCUT2D eigenvalue weighted by molar-refractivity contribution is 9.10. The number of anilines is 1. The minimum Gasteiger partial charge on any atom is -0.358 e. The molecule has 2 aromatic rings. The molecule has 1 fully saturated rings. The minimum atomic E-state index is -0.291. The molecule has 0 saturated heterocycles. The third kappa shape index (κ3) is 2.63. The summed E-state index contributed by atoms with van der Waals surface area (Å²) in [5, 5.41) is 4.08. The monoisotopic (exact) mass is 313 g/mol. The molecule has 6 heteroatoms. The Morgan fingerprint density at radius 1 is 1.35 bits per heavy atom. The van der Waals surface area contributed by atoms with Crippen molar-refractivity contribution in [3.63, 3.8) is 0 Å². The fraction of sp³-hybridized carbons (Fsp3) is 0.273. The van der Waals surface area contributed by atoms with Crippen molar-refractivity contribution in [3.05, 3.63) is 28.5 Å². The van der Waals surface area contributed by atoms with E-state index in [1.807, 2.05) is 6.07 Å². The largest absolute Gasteiger partial charge is 0.358 e. The lowest BCUT2D eigenvalue weighted by molar-refractivity contribution is 0.627. The predicted molar refractivity (Wildman–Crippen MR) is 69.6 cm³/mol. The standard InChI is InChI=1S/C11H9BrFN3S/c12-7-3-6(4-8(13)5-7)10-15-11(17-16-10)14-9-1-2-9/h3-5,9H,1-2H2,(H,14,15,16). The topological polar surface area (TPSA) is 37.8 Å². The van der Waals surface area contributed by atoms with Gasteiger partial charge in [0.15, 0.2) is 5.82 Å². The molecule has 1 aliphatic carbocycles. The average molecular weight is 314 g/mol. The molecular weight excluding hydrogens is 305 g/mol. The van der Waals surface area contributed by atoms with Crippen LogP contribution in [0.15, 0.2) is 22.7 Å². The van der Waals surface area contributed by atoms with Gasteiger partial charge in [-0.05, 0) is 31.0 Å². The zero-order valence-corrected chi connectivity index (χ0v) is 11.2. The van der Waals surface area contributed by atoms with Crippen LogP contribution in [0.2, 0.25) is 0 Å². The van der Waals surface area contributed by atoms with Crippen LogP contribution in [0.1, 0.15) is 12.8 Å². The zero-order valence-electron chi connectivity index (χ0n) is 8.78. The van der Waals surface area contributed by atoms with Gasteiger partial charge in [0.25, 0.3) is 0 Å². The lowest BCUT2D eigenvalue weighted by atomic mass is 10.2. The second-order valence-corrected chi connectivity index (χ2v) is 5.67. The summed E-state index contributed by atoms with van der Waals surface area (Å²) < 4.78 is 18.2. The van der Waals surface area contributed by atoms with Crippen LogP contribution in [-0.2, 0) is 0 Å². The van der Waals surface area contributed by atoms with Crippen molar-refractivity contribution in [1.82, 2.24) is 9.36 Å². The van der Waals surface area contributed by atoms with Crippen LogP contribution in [-0.4, -0.2) is 15.4 Å². The fourth-order valence-electron chi connectivity index (χ4n) is 1.48. The van der Waals surface area contributed by atoms with Crippen LogP contribution in [0.4, 0.5) is 9.52 Å². The Bertz CT molecular complexity index is 533. The summed E-state index contributed by atoms with van der Waals surface area (Å²) in [5.74, 6) is 0.277. The SMILES string of the molecule is Fc1cc(Br)cc(-c2nsc(NC3CC3)n2)c1. The molecule has 3 rings (SSSR count). The van der Waals surface area contributed by atoms with Gasteiger partial charge in [-0.1, -0.05) is 15.9 Å². The van der Waals surface area contributed by atoms with Gasteiger partial charge in [0.1, 0.15) is 5.82 Å². The lowest BCUT2D eigenvalue weighted by Crippen LogP contribution is -1.99. The Morgan fingerprint density at radius 3 is 2.88 bits per heavy atom. The van der Waals surface area contributed by atoms with Gasteiger partial charge in [-0.2, -0.15) is 9.36 Å². The number of nitrogens with zero attached hydrogens (tertiary/aromatic N) is 2. The second-order valence-electron chi connectivity index (χ2n) is 4.00. The summed E-state index contributed by atoms with van der Waals surface area (Å²) in [7, 11) is 0. The normalized spacial score (nSPS) is 14.9. The Hall–Kier alpha value is -1.01. The minimum absolute atomic E-state index is 0.291. The molecular formula is C11H9BrFN3S. The molecule has 1 aromatic carbocycles. The van der Waals surface area contributed by atoms with Gasteiger partial charge in [0.05, 0.1) is 0 Å². The van der Waals surface area contributed by atoms with Crippen molar-refractivity contribution < 1.29 is 4.39 Å². The van der Waals surface area contributed by atoms with Gasteiger partial charge >= 0.3 is 0 Å². The molecule has 1 heterocycles. The van der Waals surface area contributed by atoms with Gasteiger partial charge in [0, 0.05) is 27.6 Å². The van der Waals surface area contributed by atoms with Crippen molar-refractivity contribution in [3.8, 4) is 11.4 Å². The Balaban J connectivity index is 1.88. The molecule has 0 radical (unpaired) electrons. The molecule has 0 atom stereocenters. The zero-order chi connectivity index (χ0) is 11.8. The third-order valence-electron chi connectivity index (χ3n) is 2.45. The van der Waals surface area contributed by atoms with Gasteiger partial charge in [-0.3, -0.25) is 0 Å². The molecule has 1 aromatic heterocycles. The van der Waals surface area contributed by atoms with Gasteiger partial charge in [0.2, 0.25) is 5.13 Å². The van der Waals surface area contributed by atoms with Crippen LogP contribution in [0, 0.1) is 5.82 Å². The van der Waals surface area contributed by atoms with Gasteiger partial charge in [-0.15, -0.1) is 0 Å². The van der Waals surface area contributed by atoms with Gasteiger partial charge < -0.3 is 5.32 Å². The molecule has 1 saturated carbocycles. The smallest absolute Gasteiger partial charge is 0.203 e. The Kier molecular flexibility index (Phi) is 2.84. The maximum absolute atomic E-state index is 13.2. The van der Waals surface area contributed by atoms with E-state index in [-0.39, 0.29) is 5.82 Å². The second kappa shape index (κ2) is 4.34. The molecule has 3 nitrogen and oxygen atoms in total. The highest BCUT2D eigenvalue weighted by Gasteiger charge is 2.22. The molecule has 0 spiro atoms. The van der Waals surface area contributed by atoms with Crippen molar-refractivity contribution in [2.45, 2.75) is 18.9 Å². The number of nitrogens with one attached hydrogen (secondary N) is 1. The van der Waals surface area contributed by atoms with E-state index in [9.17, 15) is 4.39 Å². The first kappa shape index (κ1) is 11.1. The van der Waals surface area contributed by atoms with Crippen molar-refractivity contribution in [2.24, 2.45) is 0 Å². The summed E-state index contributed by atoms with van der Waals surface area (Å²) >= 11 is 4.57. The van der Waals surface area contributed by atoms with Crippen LogP contribution in [0.3, 0.4) is 0 Å². The van der Waals surface area contributed by atoms with Gasteiger partial charge in [-0.25, -0.2) is 4.39 Å². The molecule has 88 valence electrons. The first-order valence-corrected chi connectivity index (χ1v) is 6.84. The maximum atomic E-state index is 13.2. The number of aromatic nitrogens is 2. The highest BCUT2D eigenvalue weighted by Crippen LogP contribution is 2.29. The average Bonchev–Trinajstić information content (AvgIpc) is 2.93. The number of halogens is 2. The van der Waals surface area contributed by atoms with E-state index in [1.165, 1.54) is 36.5 Å². The Labute approximate surface area is 110 Å². The summed E-state index contributed by atoms with van der Waals surface area (Å²) in [6.45, 7) is 0. The van der Waals surface area contributed by atoms with E-state index in [4.69, 9.17) is 0 Å². The van der Waals surface area contributed by atoms with Crippen molar-refractivity contribution in [2.75, 3.05) is 5.32 Å². The van der Waals surface area contributed by atoms with E-state index < -0.39 is 0 Å². The summed E-state index contributed by atoms with van der Waals surface area (Å²) in [4.78, 5) is 4.35. The quantitative estimate of drug-likeness (QED) is 0.939. The summed E-state index contributed by atoms with van der Waals surface area (Å²) in [6, 6.07) is 5.22. The Morgan fingerprint density at radius 2 is 2.18 bits per heavy atom. The molecule has 1 N–H and O–H groups in total. The molecule has 0 bridgehead atoms. The summed E-state index contributed by atoms with van der Waals surface area (Å²) in [6.07, 6.45) is 2.39. The highest BCUT2D eigenvalue weighted by atomic mass is 79.9. The molecule has 0 aliphatic heterocycles. The lowest BCUT2D eigenvalue weighted by Gasteiger charge is -1.98. The predicted octanol–water partition coefficient (Wildman–Crippen LogP) is 3.68. The number of hydrogen-bond acceptors (Lipinski definition) is 4. The van der Waals surface area contributed by atoms with Crippen LogP contribution < -0.4 is 5.32 Å². The summed E-state index contributed by atoms with van der Waals surface area (Å²) in [5.41, 5.74) is 0.692. The molecule has 0 amide bonds. The first-order valence-electron chi connectivity index (χ1n) is 5.27. The van der Waals surface area contributed by atoms with E-state index >= 15 is 0 Å². The van der Waals surface area contributed by atoms with E-state index in [2.05, 4.69) is 30.6 Å². The van der Waals surface area contributed by atoms with Crippen molar-refractivity contribution >= 4 is 32.6 Å². The first-order chi connectivity index (χ1) is 8.20. The number of hydrogen-bond donors (Lipinski definition) is 1. The van der Waals surface area contributed by atoms with Crippen molar-refractivity contribution in [1.29, 1.82) is 0 Å². The van der Waals surface area contributed by atoms with Crippen LogP contribution in [0.25, 0.3) is 11.4 Å². The maximum Gasteiger partial charge on any atom is 0.203 e. The molecule has 17 heavy (non-hydrogen) atoms. The van der Waals surface area contributed by atoms with E-state index in [0.29, 0.717) is 21.9 Å².